The van der Waals surface area contributed by atoms with E-state index in [1.165, 1.54) is 13.0 Å². The number of benzene rings is 2. The van der Waals surface area contributed by atoms with E-state index in [0.717, 1.165) is 18.4 Å². The molecule has 0 bridgehead atoms. The molecular weight excluding hydrogens is 392 g/mol. The summed E-state index contributed by atoms with van der Waals surface area (Å²) in [5.74, 6) is -0.937. The summed E-state index contributed by atoms with van der Waals surface area (Å²) in [7, 11) is -3.68. The van der Waals surface area contributed by atoms with Gasteiger partial charge in [0.25, 0.3) is 10.0 Å². The Kier molecular flexibility index (Phi) is 6.12. The van der Waals surface area contributed by atoms with E-state index in [-0.39, 0.29) is 16.5 Å². The second-order valence-electron chi connectivity index (χ2n) is 6.73. The smallest absolute Gasteiger partial charge is 0.331 e. The van der Waals surface area contributed by atoms with Crippen LogP contribution in [0.25, 0.3) is 0 Å². The lowest BCUT2D eigenvalue weighted by Gasteiger charge is -2.09. The SMILES string of the molecule is CCCc1ccc(C(=O)COC(=O)C(C)N=C2NS(=O)(=O)c3ccccc32)cc1. The van der Waals surface area contributed by atoms with E-state index in [1.807, 2.05) is 12.1 Å². The number of sulfonamides is 1. The zero-order chi connectivity index (χ0) is 21.0. The van der Waals surface area contributed by atoms with Gasteiger partial charge in [0.2, 0.25) is 0 Å². The van der Waals surface area contributed by atoms with Gasteiger partial charge in [0, 0.05) is 11.1 Å². The van der Waals surface area contributed by atoms with Crippen LogP contribution in [-0.2, 0) is 26.0 Å². The quantitative estimate of drug-likeness (QED) is 0.554. The lowest BCUT2D eigenvalue weighted by molar-refractivity contribution is -0.143. The summed E-state index contributed by atoms with van der Waals surface area (Å²) in [6, 6.07) is 12.6. The van der Waals surface area contributed by atoms with E-state index >= 15 is 0 Å². The zero-order valence-electron chi connectivity index (χ0n) is 16.2. The van der Waals surface area contributed by atoms with Gasteiger partial charge in [-0.15, -0.1) is 0 Å². The Morgan fingerprint density at radius 2 is 1.79 bits per heavy atom. The number of amidine groups is 1. The molecule has 1 aliphatic rings. The normalized spacial score (nSPS) is 16.7. The third kappa shape index (κ3) is 4.71. The van der Waals surface area contributed by atoms with Crippen molar-refractivity contribution >= 4 is 27.6 Å². The van der Waals surface area contributed by atoms with Gasteiger partial charge in [-0.05, 0) is 31.0 Å². The highest BCUT2D eigenvalue weighted by Gasteiger charge is 2.31. The lowest BCUT2D eigenvalue weighted by Crippen LogP contribution is -2.27. The minimum Gasteiger partial charge on any atom is -0.456 e. The highest BCUT2D eigenvalue weighted by molar-refractivity contribution is 7.90. The van der Waals surface area contributed by atoms with Gasteiger partial charge in [0.05, 0.1) is 4.90 Å². The van der Waals surface area contributed by atoms with Crippen LogP contribution in [-0.4, -0.2) is 38.7 Å². The first-order chi connectivity index (χ1) is 13.8. The van der Waals surface area contributed by atoms with E-state index in [4.69, 9.17) is 4.74 Å². The second kappa shape index (κ2) is 8.57. The molecule has 0 radical (unpaired) electrons. The van der Waals surface area contributed by atoms with Crippen molar-refractivity contribution in [3.63, 3.8) is 0 Å². The highest BCUT2D eigenvalue weighted by atomic mass is 32.2. The maximum atomic E-state index is 12.2. The van der Waals surface area contributed by atoms with Crippen LogP contribution in [0.15, 0.2) is 58.4 Å². The third-order valence-electron chi connectivity index (χ3n) is 4.49. The van der Waals surface area contributed by atoms with Crippen molar-refractivity contribution in [3.05, 3.63) is 65.2 Å². The summed E-state index contributed by atoms with van der Waals surface area (Å²) >= 11 is 0. The molecule has 2 aromatic rings. The van der Waals surface area contributed by atoms with Crippen molar-refractivity contribution in [1.29, 1.82) is 0 Å². The Labute approximate surface area is 169 Å². The van der Waals surface area contributed by atoms with Gasteiger partial charge in [0.15, 0.2) is 12.4 Å². The van der Waals surface area contributed by atoms with E-state index in [1.54, 1.807) is 30.3 Å². The Balaban J connectivity index is 1.63. The molecule has 2 aromatic carbocycles. The Hall–Kier alpha value is -3.00. The summed E-state index contributed by atoms with van der Waals surface area (Å²) in [5, 5.41) is 0. The van der Waals surface area contributed by atoms with Gasteiger partial charge < -0.3 is 4.74 Å². The molecule has 152 valence electrons. The first-order valence-electron chi connectivity index (χ1n) is 9.30. The van der Waals surface area contributed by atoms with Crippen LogP contribution in [0.3, 0.4) is 0 Å². The van der Waals surface area contributed by atoms with Gasteiger partial charge in [0.1, 0.15) is 11.9 Å². The number of aryl methyl sites for hydroxylation is 1. The highest BCUT2D eigenvalue weighted by Crippen LogP contribution is 2.22. The summed E-state index contributed by atoms with van der Waals surface area (Å²) < 4.78 is 31.6. The van der Waals surface area contributed by atoms with Crippen LogP contribution in [0.2, 0.25) is 0 Å². The van der Waals surface area contributed by atoms with Crippen LogP contribution in [0, 0.1) is 0 Å². The molecule has 3 rings (SSSR count). The number of nitrogens with zero attached hydrogens (tertiary/aromatic N) is 1. The maximum Gasteiger partial charge on any atom is 0.331 e. The number of aliphatic imine (C=N–C) groups is 1. The van der Waals surface area contributed by atoms with Crippen molar-refractivity contribution in [3.8, 4) is 0 Å². The molecule has 0 aliphatic carbocycles. The molecule has 0 aromatic heterocycles. The third-order valence-corrected chi connectivity index (χ3v) is 5.88. The molecule has 1 atom stereocenters. The Bertz CT molecular complexity index is 1060. The monoisotopic (exact) mass is 414 g/mol. The fourth-order valence-electron chi connectivity index (χ4n) is 2.96. The van der Waals surface area contributed by atoms with Crippen LogP contribution in [0.1, 0.15) is 41.8 Å². The number of hydrogen-bond acceptors (Lipinski definition) is 6. The molecule has 0 spiro atoms. The van der Waals surface area contributed by atoms with Crippen molar-refractivity contribution in [2.45, 2.75) is 37.6 Å². The summed E-state index contributed by atoms with van der Waals surface area (Å²) in [4.78, 5) is 28.7. The van der Waals surface area contributed by atoms with Crippen molar-refractivity contribution in [2.24, 2.45) is 4.99 Å². The zero-order valence-corrected chi connectivity index (χ0v) is 17.0. The fraction of sp³-hybridized carbons (Fsp3) is 0.286. The maximum absolute atomic E-state index is 12.2. The van der Waals surface area contributed by atoms with Crippen molar-refractivity contribution < 1.29 is 22.7 Å². The van der Waals surface area contributed by atoms with Crippen molar-refractivity contribution in [2.75, 3.05) is 6.61 Å². The van der Waals surface area contributed by atoms with Gasteiger partial charge in [-0.3, -0.25) is 14.5 Å². The molecule has 8 heteroatoms. The number of nitrogens with one attached hydrogen (secondary N) is 1. The first-order valence-corrected chi connectivity index (χ1v) is 10.8. The molecule has 1 unspecified atom stereocenters. The van der Waals surface area contributed by atoms with Crippen LogP contribution >= 0.6 is 0 Å². The summed E-state index contributed by atoms with van der Waals surface area (Å²) in [6.45, 7) is 3.16. The van der Waals surface area contributed by atoms with Crippen LogP contribution in [0.4, 0.5) is 0 Å². The number of Topliss-reactive ketones (excluding diaryl/α,β-unsaturated/α-hetero) is 1. The molecule has 0 saturated heterocycles. The molecule has 1 aliphatic heterocycles. The molecule has 1 heterocycles. The number of hydrogen-bond donors (Lipinski definition) is 1. The molecule has 7 nitrogen and oxygen atoms in total. The summed E-state index contributed by atoms with van der Waals surface area (Å²) in [5.41, 5.74) is 2.01. The van der Waals surface area contributed by atoms with Gasteiger partial charge in [-0.1, -0.05) is 49.7 Å². The fourth-order valence-corrected chi connectivity index (χ4v) is 4.20. The average Bonchev–Trinajstić information content (AvgIpc) is 2.97. The van der Waals surface area contributed by atoms with E-state index in [2.05, 4.69) is 16.6 Å². The average molecular weight is 414 g/mol. The molecule has 29 heavy (non-hydrogen) atoms. The molecule has 0 amide bonds. The van der Waals surface area contributed by atoms with Gasteiger partial charge in [-0.2, -0.15) is 0 Å². The number of carbonyl (C=O) groups excluding carboxylic acids is 2. The minimum atomic E-state index is -3.68. The predicted molar refractivity (Wildman–Crippen MR) is 108 cm³/mol. The number of carbonyl (C=O) groups is 2. The van der Waals surface area contributed by atoms with Crippen LogP contribution < -0.4 is 4.72 Å². The summed E-state index contributed by atoms with van der Waals surface area (Å²) in [6.07, 6.45) is 1.96. The number of ether oxygens (including phenoxy) is 1. The second-order valence-corrected chi connectivity index (χ2v) is 8.38. The number of esters is 1. The Morgan fingerprint density at radius 1 is 1.10 bits per heavy atom. The number of ketones is 1. The largest absolute Gasteiger partial charge is 0.456 e. The van der Waals surface area contributed by atoms with E-state index < -0.39 is 28.6 Å². The molecule has 0 saturated carbocycles. The standard InChI is InChI=1S/C21H22N2O5S/c1-3-6-15-9-11-16(12-10-15)18(24)13-28-21(25)14(2)22-20-17-7-4-5-8-19(17)29(26,27)23-20/h4-5,7-12,14H,3,6,13H2,1-2H3,(H,22,23). The first kappa shape index (κ1) is 20.7. The molecule has 0 fully saturated rings. The van der Waals surface area contributed by atoms with E-state index in [0.29, 0.717) is 11.1 Å². The number of fused-ring (bicyclic) bond motifs is 1. The predicted octanol–water partition coefficient (Wildman–Crippen LogP) is 2.49. The van der Waals surface area contributed by atoms with Crippen LogP contribution in [0.5, 0.6) is 0 Å². The van der Waals surface area contributed by atoms with Crippen molar-refractivity contribution in [1.82, 2.24) is 4.72 Å². The van der Waals surface area contributed by atoms with Gasteiger partial charge >= 0.3 is 5.97 Å². The number of rotatable bonds is 7. The minimum absolute atomic E-state index is 0.0860. The lowest BCUT2D eigenvalue weighted by atomic mass is 10.1. The van der Waals surface area contributed by atoms with E-state index in [9.17, 15) is 18.0 Å². The topological polar surface area (TPSA) is 102 Å². The molecule has 1 N–H and O–H groups in total. The van der Waals surface area contributed by atoms with Gasteiger partial charge in [-0.25, -0.2) is 13.2 Å². The molecular formula is C21H22N2O5S. The Morgan fingerprint density at radius 3 is 2.48 bits per heavy atom.